The van der Waals surface area contributed by atoms with Crippen LogP contribution in [0.2, 0.25) is 5.02 Å². The predicted octanol–water partition coefficient (Wildman–Crippen LogP) is 3.87. The minimum atomic E-state index is -0.548. The zero-order chi connectivity index (χ0) is 20.4. The van der Waals surface area contributed by atoms with Gasteiger partial charge in [-0.2, -0.15) is 0 Å². The third-order valence-corrected chi connectivity index (χ3v) is 4.71. The van der Waals surface area contributed by atoms with Crippen LogP contribution in [0.4, 0.5) is 11.4 Å². The van der Waals surface area contributed by atoms with Crippen molar-refractivity contribution in [1.82, 2.24) is 0 Å². The highest BCUT2D eigenvalue weighted by atomic mass is 35.5. The van der Waals surface area contributed by atoms with Gasteiger partial charge >= 0.3 is 0 Å². The Morgan fingerprint density at radius 3 is 2.90 bits per heavy atom. The summed E-state index contributed by atoms with van der Waals surface area (Å²) in [5, 5.41) is 5.94. The van der Waals surface area contributed by atoms with Gasteiger partial charge in [0.2, 0.25) is 5.91 Å². The lowest BCUT2D eigenvalue weighted by Crippen LogP contribution is -2.34. The number of carbonyl (C=O) groups is 2. The van der Waals surface area contributed by atoms with Crippen molar-refractivity contribution in [3.05, 3.63) is 47.0 Å². The van der Waals surface area contributed by atoms with Gasteiger partial charge in [0.1, 0.15) is 5.75 Å². The summed E-state index contributed by atoms with van der Waals surface area (Å²) in [5.74, 6) is 1.09. The summed E-state index contributed by atoms with van der Waals surface area (Å²) in [6, 6.07) is 8.55. The molecule has 2 aliphatic rings. The maximum absolute atomic E-state index is 12.3. The van der Waals surface area contributed by atoms with Crippen LogP contribution in [-0.2, 0) is 9.59 Å². The Morgan fingerprint density at radius 2 is 2.03 bits per heavy atom. The highest BCUT2D eigenvalue weighted by Crippen LogP contribution is 2.38. The fraction of sp³-hybridized carbons (Fsp3) is 0.238. The van der Waals surface area contributed by atoms with Crippen molar-refractivity contribution in [3.8, 4) is 17.2 Å². The molecule has 8 heteroatoms. The number of ether oxygens (including phenoxy) is 3. The van der Waals surface area contributed by atoms with Gasteiger partial charge in [0.05, 0.1) is 23.9 Å². The van der Waals surface area contributed by atoms with Gasteiger partial charge in [-0.15, -0.1) is 0 Å². The molecule has 0 saturated heterocycles. The first kappa shape index (κ1) is 19.1. The van der Waals surface area contributed by atoms with Crippen LogP contribution in [0.15, 0.2) is 36.4 Å². The normalized spacial score (nSPS) is 17.7. The summed E-state index contributed by atoms with van der Waals surface area (Å²) in [6.07, 6.45) is 3.27. The average molecular weight is 415 g/mol. The number of benzene rings is 2. The van der Waals surface area contributed by atoms with Crippen LogP contribution >= 0.6 is 11.6 Å². The van der Waals surface area contributed by atoms with E-state index >= 15 is 0 Å². The smallest absolute Gasteiger partial charge is 0.265 e. The van der Waals surface area contributed by atoms with E-state index in [1.165, 1.54) is 6.08 Å². The molecule has 2 N–H and O–H groups in total. The quantitative estimate of drug-likeness (QED) is 0.744. The molecule has 0 saturated carbocycles. The van der Waals surface area contributed by atoms with Crippen LogP contribution in [-0.4, -0.2) is 31.1 Å². The van der Waals surface area contributed by atoms with E-state index in [1.807, 2.05) is 0 Å². The lowest BCUT2D eigenvalue weighted by atomic mass is 10.1. The number of hydrogen-bond acceptors (Lipinski definition) is 5. The van der Waals surface area contributed by atoms with Gasteiger partial charge in [0, 0.05) is 18.2 Å². The Kier molecular flexibility index (Phi) is 5.31. The van der Waals surface area contributed by atoms with Gasteiger partial charge in [-0.3, -0.25) is 9.59 Å². The topological polar surface area (TPSA) is 85.9 Å². The summed E-state index contributed by atoms with van der Waals surface area (Å²) >= 11 is 6.27. The number of halogens is 1. The largest absolute Gasteiger partial charge is 0.489 e. The first-order valence-corrected chi connectivity index (χ1v) is 9.57. The second-order valence-electron chi connectivity index (χ2n) is 6.66. The maximum Gasteiger partial charge on any atom is 0.265 e. The fourth-order valence-corrected chi connectivity index (χ4v) is 3.26. The van der Waals surface area contributed by atoms with Gasteiger partial charge in [-0.05, 0) is 48.9 Å². The van der Waals surface area contributed by atoms with Crippen LogP contribution in [0.3, 0.4) is 0 Å². The molecule has 0 aliphatic carbocycles. The van der Waals surface area contributed by atoms with Crippen LogP contribution in [0.5, 0.6) is 17.2 Å². The van der Waals surface area contributed by atoms with Gasteiger partial charge < -0.3 is 24.8 Å². The summed E-state index contributed by atoms with van der Waals surface area (Å²) in [4.78, 5) is 24.0. The van der Waals surface area contributed by atoms with Crippen LogP contribution in [0.1, 0.15) is 18.9 Å². The fourth-order valence-electron chi connectivity index (χ4n) is 2.99. The standard InChI is InChI=1S/C21H19ClN2O5/c1-12-21(26)24-16-11-14(4-5-17(16)29-12)23-19(25)6-3-13-9-15(22)20-18(10-13)27-7-2-8-28-20/h3-6,9-12H,2,7-8H2,1H3,(H,23,25)(H,24,26). The molecule has 2 aromatic rings. The molecule has 1 atom stereocenters. The van der Waals surface area contributed by atoms with Crippen molar-refractivity contribution in [2.24, 2.45) is 0 Å². The average Bonchev–Trinajstić information content (AvgIpc) is 2.93. The van der Waals surface area contributed by atoms with Gasteiger partial charge in [-0.25, -0.2) is 0 Å². The molecule has 7 nitrogen and oxygen atoms in total. The highest BCUT2D eigenvalue weighted by Gasteiger charge is 2.23. The molecule has 2 amide bonds. The van der Waals surface area contributed by atoms with E-state index in [-0.39, 0.29) is 11.8 Å². The second kappa shape index (κ2) is 8.05. The highest BCUT2D eigenvalue weighted by molar-refractivity contribution is 6.32. The summed E-state index contributed by atoms with van der Waals surface area (Å²) in [7, 11) is 0. The van der Waals surface area contributed by atoms with Crippen LogP contribution < -0.4 is 24.8 Å². The molecule has 2 aromatic carbocycles. The van der Waals surface area contributed by atoms with E-state index in [2.05, 4.69) is 10.6 Å². The first-order chi connectivity index (χ1) is 14.0. The number of anilines is 2. The monoisotopic (exact) mass is 414 g/mol. The number of nitrogens with one attached hydrogen (secondary N) is 2. The lowest BCUT2D eigenvalue weighted by Gasteiger charge is -2.23. The van der Waals surface area contributed by atoms with E-state index in [0.29, 0.717) is 46.9 Å². The molecule has 0 radical (unpaired) electrons. The third-order valence-electron chi connectivity index (χ3n) is 4.43. The van der Waals surface area contributed by atoms with Crippen molar-refractivity contribution < 1.29 is 23.8 Å². The molecular formula is C21H19ClN2O5. The molecular weight excluding hydrogens is 396 g/mol. The molecule has 0 fully saturated rings. The third kappa shape index (κ3) is 4.30. The van der Waals surface area contributed by atoms with E-state index in [4.69, 9.17) is 25.8 Å². The van der Waals surface area contributed by atoms with Crippen LogP contribution in [0.25, 0.3) is 6.08 Å². The minimum absolute atomic E-state index is 0.229. The van der Waals surface area contributed by atoms with Gasteiger partial charge in [-0.1, -0.05) is 11.6 Å². The molecule has 0 bridgehead atoms. The minimum Gasteiger partial charge on any atom is -0.489 e. The first-order valence-electron chi connectivity index (χ1n) is 9.19. The molecule has 2 heterocycles. The van der Waals surface area contributed by atoms with Crippen molar-refractivity contribution in [2.45, 2.75) is 19.4 Å². The van der Waals surface area contributed by atoms with Crippen molar-refractivity contribution in [2.75, 3.05) is 23.8 Å². The Labute approximate surface area is 172 Å². The summed E-state index contributed by atoms with van der Waals surface area (Å²) in [5.41, 5.74) is 1.77. The zero-order valence-electron chi connectivity index (χ0n) is 15.7. The molecule has 29 heavy (non-hydrogen) atoms. The number of hydrogen-bond donors (Lipinski definition) is 2. The zero-order valence-corrected chi connectivity index (χ0v) is 16.4. The summed E-state index contributed by atoms with van der Waals surface area (Å²) in [6.45, 7) is 2.77. The number of fused-ring (bicyclic) bond motifs is 2. The molecule has 2 aliphatic heterocycles. The Hall–Kier alpha value is -3.19. The molecule has 0 aromatic heterocycles. The number of rotatable bonds is 3. The maximum atomic E-state index is 12.3. The molecule has 4 rings (SSSR count). The Morgan fingerprint density at radius 1 is 1.21 bits per heavy atom. The molecule has 150 valence electrons. The number of carbonyl (C=O) groups excluding carboxylic acids is 2. The van der Waals surface area contributed by atoms with Gasteiger partial charge in [0.25, 0.3) is 5.91 Å². The second-order valence-corrected chi connectivity index (χ2v) is 7.07. The van der Waals surface area contributed by atoms with E-state index in [1.54, 1.807) is 43.3 Å². The molecule has 0 spiro atoms. The summed E-state index contributed by atoms with van der Waals surface area (Å²) < 4.78 is 16.8. The van der Waals surface area contributed by atoms with E-state index in [9.17, 15) is 9.59 Å². The SMILES string of the molecule is CC1Oc2ccc(NC(=O)C=Cc3cc(Cl)c4c(c3)OCCCO4)cc2NC1=O. The predicted molar refractivity (Wildman–Crippen MR) is 110 cm³/mol. The Balaban J connectivity index is 1.46. The van der Waals surface area contributed by atoms with E-state index < -0.39 is 6.10 Å². The van der Waals surface area contributed by atoms with Crippen molar-refractivity contribution in [1.29, 1.82) is 0 Å². The van der Waals surface area contributed by atoms with Crippen molar-refractivity contribution >= 4 is 40.9 Å². The number of amides is 2. The lowest BCUT2D eigenvalue weighted by molar-refractivity contribution is -0.122. The van der Waals surface area contributed by atoms with Gasteiger partial charge in [0.15, 0.2) is 17.6 Å². The van der Waals surface area contributed by atoms with E-state index in [0.717, 1.165) is 12.0 Å². The van der Waals surface area contributed by atoms with Crippen LogP contribution in [0, 0.1) is 0 Å². The molecule has 1 unspecified atom stereocenters. The van der Waals surface area contributed by atoms with Crippen molar-refractivity contribution in [3.63, 3.8) is 0 Å². The Bertz CT molecular complexity index is 1000.